The van der Waals surface area contributed by atoms with E-state index in [-0.39, 0.29) is 5.75 Å². The van der Waals surface area contributed by atoms with E-state index < -0.39 is 6.16 Å². The smallest absolute Gasteiger partial charge is 0.503 e. The number of carbonyl (C=O) groups excluding carboxylic acids is 1. The molecular weight excluding hydrogens is 272 g/mol. The molecule has 0 aliphatic rings. The van der Waals surface area contributed by atoms with Gasteiger partial charge in [0.1, 0.15) is 5.75 Å². The number of unbranched alkanes of at least 4 members (excludes halogenated alkanes) is 5. The number of phenols is 1. The first-order valence-electron chi connectivity index (χ1n) is 7.20. The molecule has 1 aromatic rings. The van der Waals surface area contributed by atoms with Gasteiger partial charge in [-0.1, -0.05) is 51.2 Å². The summed E-state index contributed by atoms with van der Waals surface area (Å²) in [6.45, 7) is 2.21. The quantitative estimate of drug-likeness (QED) is 0.490. The lowest BCUT2D eigenvalue weighted by Gasteiger charge is -2.06. The van der Waals surface area contributed by atoms with Gasteiger partial charge in [0.25, 0.3) is 0 Å². The van der Waals surface area contributed by atoms with Crippen molar-refractivity contribution in [2.75, 3.05) is 0 Å². The summed E-state index contributed by atoms with van der Waals surface area (Å²) in [5.74, 6) is 0.100. The van der Waals surface area contributed by atoms with Gasteiger partial charge in [-0.25, -0.2) is 4.79 Å². The van der Waals surface area contributed by atoms with Crippen LogP contribution in [-0.2, 0) is 6.42 Å². The van der Waals surface area contributed by atoms with Gasteiger partial charge < -0.3 is 15.3 Å². The fourth-order valence-corrected chi connectivity index (χ4v) is 2.05. The molecule has 5 heteroatoms. The van der Waals surface area contributed by atoms with Crippen molar-refractivity contribution >= 4 is 12.4 Å². The van der Waals surface area contributed by atoms with E-state index in [1.165, 1.54) is 32.1 Å². The zero-order chi connectivity index (χ0) is 16.1. The Kier molecular flexibility index (Phi) is 10.6. The average Bonchev–Trinajstić information content (AvgIpc) is 2.42. The van der Waals surface area contributed by atoms with E-state index in [9.17, 15) is 9.90 Å². The zero-order valence-electron chi connectivity index (χ0n) is 12.4. The minimum atomic E-state index is -1.83. The molecule has 21 heavy (non-hydrogen) atoms. The highest BCUT2D eigenvalue weighted by Gasteiger charge is 2.05. The van der Waals surface area contributed by atoms with Crippen LogP contribution in [0.1, 0.15) is 61.4 Å². The van der Waals surface area contributed by atoms with Crippen molar-refractivity contribution in [2.45, 2.75) is 51.9 Å². The summed E-state index contributed by atoms with van der Waals surface area (Å²) in [6, 6.07) is 5.29. The molecule has 0 fully saturated rings. The third-order valence-electron chi connectivity index (χ3n) is 3.09. The first-order chi connectivity index (χ1) is 10.0. The minimum Gasteiger partial charge on any atom is -0.507 e. The van der Waals surface area contributed by atoms with Crippen LogP contribution in [-0.4, -0.2) is 27.8 Å². The standard InChI is InChI=1S/C15H22O2.CH2O3/c1-2-3-4-5-6-7-9-13-10-8-11-15(17)14(13)12-16;2-1(3)4/h8,10-12,17H,2-7,9H2,1H3;(H2,2,3,4). The van der Waals surface area contributed by atoms with Crippen molar-refractivity contribution in [1.29, 1.82) is 0 Å². The average molecular weight is 296 g/mol. The summed E-state index contributed by atoms with van der Waals surface area (Å²) < 4.78 is 0. The van der Waals surface area contributed by atoms with Crippen molar-refractivity contribution < 1.29 is 24.9 Å². The number of rotatable bonds is 8. The van der Waals surface area contributed by atoms with Crippen LogP contribution < -0.4 is 0 Å². The van der Waals surface area contributed by atoms with Crippen molar-refractivity contribution in [2.24, 2.45) is 0 Å². The molecule has 0 bridgehead atoms. The first-order valence-corrected chi connectivity index (χ1v) is 7.20. The second kappa shape index (κ2) is 11.8. The summed E-state index contributed by atoms with van der Waals surface area (Å²) in [4.78, 5) is 19.4. The lowest BCUT2D eigenvalue weighted by Crippen LogP contribution is -1.93. The largest absolute Gasteiger partial charge is 0.507 e. The Balaban J connectivity index is 0.000000885. The van der Waals surface area contributed by atoms with Gasteiger partial charge in [0.15, 0.2) is 6.29 Å². The van der Waals surface area contributed by atoms with Crippen LogP contribution in [0.5, 0.6) is 5.75 Å². The van der Waals surface area contributed by atoms with Crippen LogP contribution in [0.4, 0.5) is 4.79 Å². The number of aryl methyl sites for hydroxylation is 1. The third-order valence-corrected chi connectivity index (χ3v) is 3.09. The molecule has 0 aliphatic carbocycles. The Morgan fingerprint density at radius 1 is 1.10 bits per heavy atom. The number of benzene rings is 1. The molecule has 0 saturated carbocycles. The molecule has 0 spiro atoms. The maximum Gasteiger partial charge on any atom is 0.503 e. The van der Waals surface area contributed by atoms with Gasteiger partial charge in [0.05, 0.1) is 5.56 Å². The van der Waals surface area contributed by atoms with Crippen LogP contribution >= 0.6 is 0 Å². The lowest BCUT2D eigenvalue weighted by atomic mass is 10.0. The summed E-state index contributed by atoms with van der Waals surface area (Å²) in [6.07, 6.45) is 7.24. The van der Waals surface area contributed by atoms with E-state index in [0.717, 1.165) is 24.7 Å². The van der Waals surface area contributed by atoms with Crippen LogP contribution in [0.25, 0.3) is 0 Å². The van der Waals surface area contributed by atoms with Crippen LogP contribution in [0.2, 0.25) is 0 Å². The number of aldehydes is 1. The van der Waals surface area contributed by atoms with E-state index in [4.69, 9.17) is 15.0 Å². The van der Waals surface area contributed by atoms with E-state index in [1.807, 2.05) is 6.07 Å². The van der Waals surface area contributed by atoms with Crippen LogP contribution in [0.3, 0.4) is 0 Å². The first kappa shape index (κ1) is 19.0. The topological polar surface area (TPSA) is 94.8 Å². The number of hydrogen-bond donors (Lipinski definition) is 3. The predicted octanol–water partition coefficient (Wildman–Crippen LogP) is 4.33. The molecule has 0 atom stereocenters. The normalized spacial score (nSPS) is 9.57. The van der Waals surface area contributed by atoms with Crippen LogP contribution in [0.15, 0.2) is 18.2 Å². The Morgan fingerprint density at radius 3 is 2.24 bits per heavy atom. The van der Waals surface area contributed by atoms with Gasteiger partial charge in [0.2, 0.25) is 0 Å². The fraction of sp³-hybridized carbons (Fsp3) is 0.500. The third kappa shape index (κ3) is 9.49. The molecule has 0 radical (unpaired) electrons. The molecule has 0 heterocycles. The summed E-state index contributed by atoms with van der Waals surface area (Å²) in [5.41, 5.74) is 1.43. The Labute approximate surface area is 125 Å². The highest BCUT2D eigenvalue weighted by atomic mass is 16.6. The van der Waals surface area contributed by atoms with Crippen molar-refractivity contribution in [3.63, 3.8) is 0 Å². The molecule has 5 nitrogen and oxygen atoms in total. The van der Waals surface area contributed by atoms with Crippen molar-refractivity contribution in [1.82, 2.24) is 0 Å². The maximum atomic E-state index is 10.9. The van der Waals surface area contributed by atoms with Crippen molar-refractivity contribution in [3.8, 4) is 5.75 Å². The summed E-state index contributed by atoms with van der Waals surface area (Å²) in [7, 11) is 0. The highest BCUT2D eigenvalue weighted by molar-refractivity contribution is 5.81. The number of carbonyl (C=O) groups is 2. The maximum absolute atomic E-state index is 10.9. The molecule has 0 aromatic heterocycles. The molecule has 0 amide bonds. The van der Waals surface area contributed by atoms with Gasteiger partial charge in [0, 0.05) is 0 Å². The molecule has 1 rings (SSSR count). The van der Waals surface area contributed by atoms with Crippen molar-refractivity contribution in [3.05, 3.63) is 29.3 Å². The second-order valence-electron chi connectivity index (χ2n) is 4.77. The van der Waals surface area contributed by atoms with Gasteiger partial charge in [-0.3, -0.25) is 4.79 Å². The summed E-state index contributed by atoms with van der Waals surface area (Å²) in [5, 5.41) is 23.5. The Hall–Kier alpha value is -2.04. The zero-order valence-corrected chi connectivity index (χ0v) is 12.4. The number of phenolic OH excluding ortho intramolecular Hbond substituents is 1. The Bertz CT molecular complexity index is 425. The van der Waals surface area contributed by atoms with Gasteiger partial charge in [-0.05, 0) is 24.5 Å². The number of hydrogen-bond acceptors (Lipinski definition) is 3. The lowest BCUT2D eigenvalue weighted by molar-refractivity contribution is 0.111. The minimum absolute atomic E-state index is 0.100. The van der Waals surface area contributed by atoms with Gasteiger partial charge in [-0.2, -0.15) is 0 Å². The second-order valence-corrected chi connectivity index (χ2v) is 4.77. The van der Waals surface area contributed by atoms with E-state index in [0.29, 0.717) is 5.56 Å². The fourth-order valence-electron chi connectivity index (χ4n) is 2.05. The van der Waals surface area contributed by atoms with Gasteiger partial charge >= 0.3 is 6.16 Å². The Morgan fingerprint density at radius 2 is 1.67 bits per heavy atom. The molecule has 0 unspecified atom stereocenters. The van der Waals surface area contributed by atoms with E-state index >= 15 is 0 Å². The van der Waals surface area contributed by atoms with Crippen LogP contribution in [0, 0.1) is 0 Å². The molecule has 0 saturated heterocycles. The molecule has 0 aliphatic heterocycles. The SMILES string of the molecule is CCCCCCCCc1cccc(O)c1C=O.O=C(O)O. The highest BCUT2D eigenvalue weighted by Crippen LogP contribution is 2.20. The molecule has 118 valence electrons. The molecular formula is C16H24O5. The van der Waals surface area contributed by atoms with Gasteiger partial charge in [-0.15, -0.1) is 0 Å². The summed E-state index contributed by atoms with van der Waals surface area (Å²) >= 11 is 0. The van der Waals surface area contributed by atoms with E-state index in [2.05, 4.69) is 6.92 Å². The molecule has 1 aromatic carbocycles. The monoisotopic (exact) mass is 296 g/mol. The van der Waals surface area contributed by atoms with E-state index in [1.54, 1.807) is 12.1 Å². The number of aromatic hydroxyl groups is 1. The number of carboxylic acid groups (broad SMARTS) is 2. The predicted molar refractivity (Wildman–Crippen MR) is 81.2 cm³/mol. The molecule has 3 N–H and O–H groups in total.